The maximum Gasteiger partial charge on any atom is 0.251 e. The Kier molecular flexibility index (Phi) is 5.74. The van der Waals surface area contributed by atoms with Crippen LogP contribution >= 0.6 is 0 Å². The van der Waals surface area contributed by atoms with Crippen molar-refractivity contribution in [1.29, 1.82) is 0 Å². The van der Waals surface area contributed by atoms with Crippen LogP contribution in [-0.2, 0) is 9.84 Å². The van der Waals surface area contributed by atoms with Crippen molar-refractivity contribution in [2.45, 2.75) is 44.3 Å². The normalized spacial score (nSPS) is 11.9. The van der Waals surface area contributed by atoms with Crippen molar-refractivity contribution in [3.63, 3.8) is 0 Å². The lowest BCUT2D eigenvalue weighted by molar-refractivity contribution is 0.0952. The molecule has 0 saturated carbocycles. The number of carbonyl (C=O) groups excluding carboxylic acids is 1. The van der Waals surface area contributed by atoms with Gasteiger partial charge in [-0.3, -0.25) is 4.79 Å². The average molecular weight is 297 g/mol. The molecule has 0 aromatic heterocycles. The van der Waals surface area contributed by atoms with Gasteiger partial charge in [0.15, 0.2) is 9.84 Å². The molecule has 0 spiro atoms. The zero-order valence-electron chi connectivity index (χ0n) is 12.5. The summed E-state index contributed by atoms with van der Waals surface area (Å²) < 4.78 is 23.9. The minimum atomic E-state index is -3.28. The molecule has 1 aromatic carbocycles. The van der Waals surface area contributed by atoms with Gasteiger partial charge in [0.1, 0.15) is 0 Å². The minimum absolute atomic E-state index is 0.167. The van der Waals surface area contributed by atoms with Crippen molar-refractivity contribution in [1.82, 2.24) is 5.32 Å². The first-order valence-electron chi connectivity index (χ1n) is 6.87. The highest BCUT2D eigenvalue weighted by Gasteiger charge is 2.19. The molecule has 1 N–H and O–H groups in total. The van der Waals surface area contributed by atoms with Crippen molar-refractivity contribution in [2.75, 3.05) is 6.54 Å². The van der Waals surface area contributed by atoms with Crippen molar-refractivity contribution >= 4 is 15.7 Å². The minimum Gasteiger partial charge on any atom is -0.352 e. The van der Waals surface area contributed by atoms with Crippen molar-refractivity contribution < 1.29 is 13.2 Å². The molecule has 0 aliphatic carbocycles. The van der Waals surface area contributed by atoms with Gasteiger partial charge in [-0.05, 0) is 50.5 Å². The van der Waals surface area contributed by atoms with Crippen LogP contribution in [0.25, 0.3) is 0 Å². The molecule has 0 heterocycles. The van der Waals surface area contributed by atoms with Crippen LogP contribution in [-0.4, -0.2) is 26.1 Å². The molecule has 0 unspecified atom stereocenters. The molecule has 0 atom stereocenters. The van der Waals surface area contributed by atoms with Crippen molar-refractivity contribution in [3.05, 3.63) is 29.8 Å². The largest absolute Gasteiger partial charge is 0.352 e. The first-order chi connectivity index (χ1) is 9.25. The molecular weight excluding hydrogens is 274 g/mol. The fourth-order valence-corrected chi connectivity index (χ4v) is 2.70. The highest BCUT2D eigenvalue weighted by atomic mass is 32.2. The third-order valence-corrected chi connectivity index (χ3v) is 5.24. The molecule has 0 fully saturated rings. The number of benzene rings is 1. The maximum atomic E-state index is 12.0. The van der Waals surface area contributed by atoms with E-state index in [0.717, 1.165) is 6.42 Å². The molecule has 0 aliphatic rings. The summed E-state index contributed by atoms with van der Waals surface area (Å²) in [5.41, 5.74) is 0.483. The van der Waals surface area contributed by atoms with E-state index in [-0.39, 0.29) is 10.8 Å². The summed E-state index contributed by atoms with van der Waals surface area (Å²) in [7, 11) is -3.28. The van der Waals surface area contributed by atoms with E-state index in [1.165, 1.54) is 12.1 Å². The van der Waals surface area contributed by atoms with Crippen LogP contribution in [0.1, 0.15) is 44.5 Å². The predicted octanol–water partition coefficient (Wildman–Crippen LogP) is 2.64. The Labute approximate surface area is 121 Å². The lowest BCUT2D eigenvalue weighted by Gasteiger charge is -2.09. The summed E-state index contributed by atoms with van der Waals surface area (Å²) in [6.07, 6.45) is 0.922. The average Bonchev–Trinajstić information content (AvgIpc) is 2.38. The van der Waals surface area contributed by atoms with Crippen LogP contribution in [0, 0.1) is 5.92 Å². The van der Waals surface area contributed by atoms with Gasteiger partial charge in [-0.2, -0.15) is 0 Å². The second-order valence-electron chi connectivity index (χ2n) is 5.56. The van der Waals surface area contributed by atoms with Crippen LogP contribution in [0.3, 0.4) is 0 Å². The number of hydrogen-bond acceptors (Lipinski definition) is 3. The lowest BCUT2D eigenvalue weighted by Crippen LogP contribution is -2.25. The van der Waals surface area contributed by atoms with Gasteiger partial charge in [0, 0.05) is 12.1 Å². The smallest absolute Gasteiger partial charge is 0.251 e. The molecule has 0 saturated heterocycles. The number of sulfone groups is 1. The molecule has 20 heavy (non-hydrogen) atoms. The third-order valence-electron chi connectivity index (χ3n) is 3.07. The van der Waals surface area contributed by atoms with Gasteiger partial charge in [-0.1, -0.05) is 13.8 Å². The van der Waals surface area contributed by atoms with Gasteiger partial charge in [0.25, 0.3) is 5.91 Å². The topological polar surface area (TPSA) is 63.2 Å². The SMILES string of the molecule is CC(C)CCNC(=O)c1ccc(S(=O)(=O)C(C)C)cc1. The Hall–Kier alpha value is -1.36. The summed E-state index contributed by atoms with van der Waals surface area (Å²) in [5.74, 6) is 0.369. The molecule has 0 radical (unpaired) electrons. The van der Waals surface area contributed by atoms with Crippen LogP contribution in [0.5, 0.6) is 0 Å². The standard InChI is InChI=1S/C15H23NO3S/c1-11(2)9-10-16-15(17)13-5-7-14(8-6-13)20(18,19)12(3)4/h5-8,11-12H,9-10H2,1-4H3,(H,16,17). The van der Waals surface area contributed by atoms with Gasteiger partial charge in [0.05, 0.1) is 10.1 Å². The Morgan fingerprint density at radius 2 is 1.65 bits per heavy atom. The predicted molar refractivity (Wildman–Crippen MR) is 80.6 cm³/mol. The van der Waals surface area contributed by atoms with Gasteiger partial charge in [-0.15, -0.1) is 0 Å². The molecule has 5 heteroatoms. The number of carbonyl (C=O) groups is 1. The van der Waals surface area contributed by atoms with E-state index in [1.54, 1.807) is 26.0 Å². The van der Waals surface area contributed by atoms with E-state index in [4.69, 9.17) is 0 Å². The van der Waals surface area contributed by atoms with Gasteiger partial charge in [-0.25, -0.2) is 8.42 Å². The van der Waals surface area contributed by atoms with Crippen LogP contribution in [0.4, 0.5) is 0 Å². The highest BCUT2D eigenvalue weighted by molar-refractivity contribution is 7.92. The molecule has 0 aliphatic heterocycles. The molecular formula is C15H23NO3S. The Morgan fingerprint density at radius 1 is 1.10 bits per heavy atom. The van der Waals surface area contributed by atoms with Gasteiger partial charge < -0.3 is 5.32 Å². The zero-order valence-corrected chi connectivity index (χ0v) is 13.3. The number of amides is 1. The van der Waals surface area contributed by atoms with E-state index >= 15 is 0 Å². The summed E-state index contributed by atoms with van der Waals surface area (Å²) in [4.78, 5) is 12.1. The van der Waals surface area contributed by atoms with Gasteiger partial charge >= 0.3 is 0 Å². The summed E-state index contributed by atoms with van der Waals surface area (Å²) in [6, 6.07) is 6.10. The monoisotopic (exact) mass is 297 g/mol. The first kappa shape index (κ1) is 16.7. The molecule has 1 rings (SSSR count). The van der Waals surface area contributed by atoms with Gasteiger partial charge in [0.2, 0.25) is 0 Å². The summed E-state index contributed by atoms with van der Waals surface area (Å²) >= 11 is 0. The van der Waals surface area contributed by atoms with E-state index in [2.05, 4.69) is 19.2 Å². The first-order valence-corrected chi connectivity index (χ1v) is 8.42. The fourth-order valence-electron chi connectivity index (χ4n) is 1.64. The maximum absolute atomic E-state index is 12.0. The molecule has 1 aromatic rings. The van der Waals surface area contributed by atoms with Crippen LogP contribution in [0.15, 0.2) is 29.2 Å². The Bertz CT molecular complexity index is 545. The zero-order chi connectivity index (χ0) is 15.3. The molecule has 0 bridgehead atoms. The number of nitrogens with one attached hydrogen (secondary N) is 1. The lowest BCUT2D eigenvalue weighted by atomic mass is 10.1. The molecule has 112 valence electrons. The second kappa shape index (κ2) is 6.88. The van der Waals surface area contributed by atoms with Crippen LogP contribution < -0.4 is 5.32 Å². The van der Waals surface area contributed by atoms with Crippen molar-refractivity contribution in [2.24, 2.45) is 5.92 Å². The Morgan fingerprint density at radius 3 is 2.10 bits per heavy atom. The fraction of sp³-hybridized carbons (Fsp3) is 0.533. The third kappa shape index (κ3) is 4.34. The number of rotatable bonds is 6. The van der Waals surface area contributed by atoms with Crippen LogP contribution in [0.2, 0.25) is 0 Å². The highest BCUT2D eigenvalue weighted by Crippen LogP contribution is 2.16. The van der Waals surface area contributed by atoms with Crippen molar-refractivity contribution in [3.8, 4) is 0 Å². The summed E-state index contributed by atoms with van der Waals surface area (Å²) in [5, 5.41) is 2.36. The van der Waals surface area contributed by atoms with E-state index < -0.39 is 15.1 Å². The van der Waals surface area contributed by atoms with E-state index in [0.29, 0.717) is 18.0 Å². The second-order valence-corrected chi connectivity index (χ2v) is 8.06. The quantitative estimate of drug-likeness (QED) is 0.878. The van der Waals surface area contributed by atoms with E-state index in [1.807, 2.05) is 0 Å². The Balaban J connectivity index is 2.74. The number of hydrogen-bond donors (Lipinski definition) is 1. The summed E-state index contributed by atoms with van der Waals surface area (Å²) in [6.45, 7) is 8.10. The van der Waals surface area contributed by atoms with E-state index in [9.17, 15) is 13.2 Å². The molecule has 4 nitrogen and oxygen atoms in total. The molecule has 1 amide bonds.